The van der Waals surface area contributed by atoms with Gasteiger partial charge in [-0.1, -0.05) is 20.8 Å². The summed E-state index contributed by atoms with van der Waals surface area (Å²) in [6, 6.07) is 0.826. The van der Waals surface area contributed by atoms with E-state index in [9.17, 15) is 0 Å². The Morgan fingerprint density at radius 1 is 1.33 bits per heavy atom. The monoisotopic (exact) mass is 168 g/mol. The molecule has 2 saturated heterocycles. The first-order chi connectivity index (χ1) is 5.54. The predicted molar refractivity (Wildman–Crippen MR) is 51.2 cm³/mol. The largest absolute Gasteiger partial charge is 0.312 e. The van der Waals surface area contributed by atoms with E-state index in [1.807, 2.05) is 0 Å². The minimum Gasteiger partial charge on any atom is -0.312 e. The van der Waals surface area contributed by atoms with Gasteiger partial charge >= 0.3 is 0 Å². The predicted octanol–water partition coefficient (Wildman–Crippen LogP) is 0.936. The minimum atomic E-state index is 0.462. The molecule has 2 rings (SSSR count). The Hall–Kier alpha value is -0.0800. The molecule has 1 N–H and O–H groups in total. The molecule has 12 heavy (non-hydrogen) atoms. The molecule has 0 spiro atoms. The summed E-state index contributed by atoms with van der Waals surface area (Å²) < 4.78 is 0. The number of fused-ring (bicyclic) bond motifs is 1. The van der Waals surface area contributed by atoms with E-state index < -0.39 is 0 Å². The molecule has 2 heterocycles. The molecule has 2 unspecified atom stereocenters. The maximum absolute atomic E-state index is 3.48. The molecule has 0 aromatic carbocycles. The van der Waals surface area contributed by atoms with E-state index in [4.69, 9.17) is 0 Å². The Kier molecular flexibility index (Phi) is 1.92. The number of hydrogen-bond acceptors (Lipinski definition) is 2. The zero-order valence-electron chi connectivity index (χ0n) is 8.43. The Morgan fingerprint density at radius 2 is 2.08 bits per heavy atom. The van der Waals surface area contributed by atoms with Crippen LogP contribution < -0.4 is 5.32 Å². The zero-order valence-corrected chi connectivity index (χ0v) is 8.43. The van der Waals surface area contributed by atoms with Crippen LogP contribution in [0.1, 0.15) is 20.8 Å². The molecule has 0 saturated carbocycles. The molecule has 70 valence electrons. The summed E-state index contributed by atoms with van der Waals surface area (Å²) >= 11 is 0. The lowest BCUT2D eigenvalue weighted by molar-refractivity contribution is 0.223. The quantitative estimate of drug-likeness (QED) is 0.627. The molecule has 2 fully saturated rings. The van der Waals surface area contributed by atoms with Crippen LogP contribution in [0, 0.1) is 11.3 Å². The first kappa shape index (κ1) is 8.52. The van der Waals surface area contributed by atoms with E-state index in [1.54, 1.807) is 0 Å². The van der Waals surface area contributed by atoms with E-state index in [0.29, 0.717) is 5.41 Å². The van der Waals surface area contributed by atoms with Crippen LogP contribution in [0.15, 0.2) is 0 Å². The normalized spacial score (nSPS) is 36.2. The zero-order chi connectivity index (χ0) is 8.77. The number of nitrogens with one attached hydrogen (secondary N) is 1. The summed E-state index contributed by atoms with van der Waals surface area (Å²) in [6.45, 7) is 12.1. The van der Waals surface area contributed by atoms with Crippen molar-refractivity contribution in [2.24, 2.45) is 11.3 Å². The topological polar surface area (TPSA) is 15.3 Å². The first-order valence-corrected chi connectivity index (χ1v) is 5.00. The third kappa shape index (κ3) is 1.64. The Labute approximate surface area is 75.3 Å². The van der Waals surface area contributed by atoms with Crippen molar-refractivity contribution in [1.29, 1.82) is 0 Å². The highest BCUT2D eigenvalue weighted by Gasteiger charge is 2.39. The Bertz CT molecular complexity index is 159. The van der Waals surface area contributed by atoms with E-state index in [-0.39, 0.29) is 0 Å². The molecule has 0 bridgehead atoms. The second kappa shape index (κ2) is 2.71. The Balaban J connectivity index is 1.83. The maximum Gasteiger partial charge on any atom is 0.0247 e. The highest BCUT2D eigenvalue weighted by Crippen LogP contribution is 2.26. The van der Waals surface area contributed by atoms with Gasteiger partial charge in [-0.25, -0.2) is 0 Å². The average Bonchev–Trinajstić information content (AvgIpc) is 2.10. The molecule has 2 aliphatic rings. The van der Waals surface area contributed by atoms with Gasteiger partial charge in [-0.05, 0) is 5.41 Å². The van der Waals surface area contributed by atoms with Gasteiger partial charge in [-0.2, -0.15) is 0 Å². The molecule has 2 nitrogen and oxygen atoms in total. The molecular weight excluding hydrogens is 148 g/mol. The van der Waals surface area contributed by atoms with Crippen molar-refractivity contribution in [3.8, 4) is 0 Å². The molecular formula is C10H20N2. The molecule has 0 radical (unpaired) electrons. The summed E-state index contributed by atoms with van der Waals surface area (Å²) in [6.07, 6.45) is 0. The van der Waals surface area contributed by atoms with Crippen molar-refractivity contribution in [3.63, 3.8) is 0 Å². The van der Waals surface area contributed by atoms with E-state index in [2.05, 4.69) is 31.0 Å². The molecule has 0 amide bonds. The van der Waals surface area contributed by atoms with Gasteiger partial charge in [0.15, 0.2) is 0 Å². The first-order valence-electron chi connectivity index (χ1n) is 5.00. The summed E-state index contributed by atoms with van der Waals surface area (Å²) in [7, 11) is 0. The van der Waals surface area contributed by atoms with Crippen molar-refractivity contribution in [2.75, 3.05) is 26.2 Å². The van der Waals surface area contributed by atoms with Gasteiger partial charge in [0.2, 0.25) is 0 Å². The molecule has 0 aromatic rings. The number of hydrogen-bond donors (Lipinski definition) is 1. The highest BCUT2D eigenvalue weighted by molar-refractivity contribution is 4.98. The van der Waals surface area contributed by atoms with Crippen LogP contribution in [-0.2, 0) is 0 Å². The van der Waals surface area contributed by atoms with Gasteiger partial charge in [0.25, 0.3) is 0 Å². The third-order valence-electron chi connectivity index (χ3n) is 2.86. The summed E-state index contributed by atoms with van der Waals surface area (Å²) in [5, 5.41) is 3.48. The van der Waals surface area contributed by atoms with Crippen LogP contribution in [-0.4, -0.2) is 37.1 Å². The van der Waals surface area contributed by atoms with Crippen LogP contribution >= 0.6 is 0 Å². The lowest BCUT2D eigenvalue weighted by Gasteiger charge is -2.30. The van der Waals surface area contributed by atoms with Gasteiger partial charge in [-0.15, -0.1) is 0 Å². The molecule has 2 atom stereocenters. The SMILES string of the molecule is CC(C)(C)CN1CC2CNC2C1. The van der Waals surface area contributed by atoms with Gasteiger partial charge < -0.3 is 10.2 Å². The fourth-order valence-electron chi connectivity index (χ4n) is 2.34. The second-order valence-electron chi connectivity index (χ2n) is 5.53. The van der Waals surface area contributed by atoms with Crippen LogP contribution in [0.3, 0.4) is 0 Å². The fourth-order valence-corrected chi connectivity index (χ4v) is 2.34. The molecule has 2 heteroatoms. The van der Waals surface area contributed by atoms with Gasteiger partial charge in [0.05, 0.1) is 0 Å². The summed E-state index contributed by atoms with van der Waals surface area (Å²) in [4.78, 5) is 2.61. The van der Waals surface area contributed by atoms with Crippen molar-refractivity contribution in [3.05, 3.63) is 0 Å². The van der Waals surface area contributed by atoms with Crippen molar-refractivity contribution < 1.29 is 0 Å². The van der Waals surface area contributed by atoms with Gasteiger partial charge in [-0.3, -0.25) is 0 Å². The summed E-state index contributed by atoms with van der Waals surface area (Å²) in [5.41, 5.74) is 0.462. The van der Waals surface area contributed by atoms with Crippen LogP contribution in [0.4, 0.5) is 0 Å². The van der Waals surface area contributed by atoms with Crippen LogP contribution in [0.2, 0.25) is 0 Å². The van der Waals surface area contributed by atoms with E-state index in [1.165, 1.54) is 26.2 Å². The molecule has 2 aliphatic heterocycles. The van der Waals surface area contributed by atoms with Crippen molar-refractivity contribution >= 4 is 0 Å². The van der Waals surface area contributed by atoms with E-state index in [0.717, 1.165) is 12.0 Å². The minimum absolute atomic E-state index is 0.462. The standard InChI is InChI=1S/C10H20N2/c1-10(2,3)7-12-5-8-4-11-9(8)6-12/h8-9,11H,4-7H2,1-3H3. The number of rotatable bonds is 1. The lowest BCUT2D eigenvalue weighted by atomic mass is 9.96. The third-order valence-corrected chi connectivity index (χ3v) is 2.86. The molecule has 0 aliphatic carbocycles. The molecule has 0 aromatic heterocycles. The highest BCUT2D eigenvalue weighted by atomic mass is 15.2. The van der Waals surface area contributed by atoms with Crippen molar-refractivity contribution in [1.82, 2.24) is 10.2 Å². The average molecular weight is 168 g/mol. The number of nitrogens with zero attached hydrogens (tertiary/aromatic N) is 1. The smallest absolute Gasteiger partial charge is 0.0247 e. The van der Waals surface area contributed by atoms with Gasteiger partial charge in [0, 0.05) is 38.1 Å². The number of likely N-dealkylation sites (tertiary alicyclic amines) is 1. The van der Waals surface area contributed by atoms with Crippen molar-refractivity contribution in [2.45, 2.75) is 26.8 Å². The second-order valence-corrected chi connectivity index (χ2v) is 5.53. The van der Waals surface area contributed by atoms with E-state index >= 15 is 0 Å². The Morgan fingerprint density at radius 3 is 2.42 bits per heavy atom. The lowest BCUT2D eigenvalue weighted by Crippen LogP contribution is -2.51. The van der Waals surface area contributed by atoms with Crippen LogP contribution in [0.5, 0.6) is 0 Å². The fraction of sp³-hybridized carbons (Fsp3) is 1.00. The van der Waals surface area contributed by atoms with Crippen LogP contribution in [0.25, 0.3) is 0 Å². The summed E-state index contributed by atoms with van der Waals surface area (Å²) in [5.74, 6) is 0.965. The maximum atomic E-state index is 3.48. The van der Waals surface area contributed by atoms with Gasteiger partial charge in [0.1, 0.15) is 0 Å².